The number of ether oxygens (including phenoxy) is 3. The number of carbonyl (C=O) groups excluding carboxylic acids is 2. The lowest BCUT2D eigenvalue weighted by Gasteiger charge is -2.13. The minimum Gasteiger partial charge on any atom is -0.493 e. The highest BCUT2D eigenvalue weighted by Crippen LogP contribution is 2.34. The summed E-state index contributed by atoms with van der Waals surface area (Å²) in [6.07, 6.45) is 1.66. The standard InChI is InChI=1S/C21H20ClNO5S/c1-3-27-17-9-8-14(12-18(17)26-2)13-19-20(24)23(21(25)29-19)10-11-28-16-7-5-4-6-15(16)22/h4-9,12-13H,3,10-11H2,1-2H3/b19-13-. The number of methoxy groups -OCH3 is 1. The van der Waals surface area contributed by atoms with Gasteiger partial charge in [-0.25, -0.2) is 0 Å². The molecule has 29 heavy (non-hydrogen) atoms. The molecule has 0 aliphatic carbocycles. The smallest absolute Gasteiger partial charge is 0.293 e. The number of carbonyl (C=O) groups is 2. The first-order valence-electron chi connectivity index (χ1n) is 8.97. The summed E-state index contributed by atoms with van der Waals surface area (Å²) in [7, 11) is 1.55. The second-order valence-electron chi connectivity index (χ2n) is 5.96. The first kappa shape index (κ1) is 21.1. The number of hydrogen-bond donors (Lipinski definition) is 0. The van der Waals surface area contributed by atoms with Gasteiger partial charge in [-0.1, -0.05) is 29.8 Å². The van der Waals surface area contributed by atoms with Crippen molar-refractivity contribution in [3.05, 3.63) is 58.0 Å². The number of benzene rings is 2. The first-order chi connectivity index (χ1) is 14.0. The van der Waals surface area contributed by atoms with Crippen LogP contribution in [0, 0.1) is 0 Å². The van der Waals surface area contributed by atoms with Crippen molar-refractivity contribution in [2.75, 3.05) is 26.9 Å². The van der Waals surface area contributed by atoms with Crippen molar-refractivity contribution in [2.24, 2.45) is 0 Å². The van der Waals surface area contributed by atoms with Gasteiger partial charge in [-0.2, -0.15) is 0 Å². The van der Waals surface area contributed by atoms with Gasteiger partial charge in [-0.15, -0.1) is 0 Å². The van der Waals surface area contributed by atoms with Crippen LogP contribution in [0.4, 0.5) is 4.79 Å². The average molecular weight is 434 g/mol. The van der Waals surface area contributed by atoms with Gasteiger partial charge in [0.15, 0.2) is 11.5 Å². The first-order valence-corrected chi connectivity index (χ1v) is 10.2. The molecule has 2 amide bonds. The molecule has 2 aromatic carbocycles. The highest BCUT2D eigenvalue weighted by Gasteiger charge is 2.34. The number of thioether (sulfide) groups is 1. The van der Waals surface area contributed by atoms with Gasteiger partial charge in [0.2, 0.25) is 0 Å². The molecule has 1 fully saturated rings. The molecule has 0 aromatic heterocycles. The van der Waals surface area contributed by atoms with Crippen molar-refractivity contribution in [2.45, 2.75) is 6.92 Å². The van der Waals surface area contributed by atoms with E-state index in [1.165, 1.54) is 4.90 Å². The van der Waals surface area contributed by atoms with Crippen LogP contribution in [0.5, 0.6) is 17.2 Å². The molecule has 2 aromatic rings. The Morgan fingerprint density at radius 1 is 1.07 bits per heavy atom. The zero-order valence-electron chi connectivity index (χ0n) is 16.0. The van der Waals surface area contributed by atoms with Crippen LogP contribution < -0.4 is 14.2 Å². The van der Waals surface area contributed by atoms with Gasteiger partial charge in [0.05, 0.1) is 30.2 Å². The molecule has 0 spiro atoms. The third-order valence-electron chi connectivity index (χ3n) is 4.07. The molecule has 8 heteroatoms. The summed E-state index contributed by atoms with van der Waals surface area (Å²) in [4.78, 5) is 26.4. The number of rotatable bonds is 8. The van der Waals surface area contributed by atoms with Crippen molar-refractivity contribution in [3.63, 3.8) is 0 Å². The molecular formula is C21H20ClNO5S. The van der Waals surface area contributed by atoms with Crippen LogP contribution >= 0.6 is 23.4 Å². The Bertz CT molecular complexity index is 946. The summed E-state index contributed by atoms with van der Waals surface area (Å²) < 4.78 is 16.4. The van der Waals surface area contributed by atoms with Gasteiger partial charge in [-0.3, -0.25) is 14.5 Å². The fraction of sp³-hybridized carbons (Fsp3) is 0.238. The lowest BCUT2D eigenvalue weighted by Crippen LogP contribution is -2.32. The van der Waals surface area contributed by atoms with Crippen LogP contribution in [-0.2, 0) is 4.79 Å². The van der Waals surface area contributed by atoms with Crippen LogP contribution in [0.1, 0.15) is 12.5 Å². The van der Waals surface area contributed by atoms with Crippen LogP contribution in [0.25, 0.3) is 6.08 Å². The average Bonchev–Trinajstić information content (AvgIpc) is 2.98. The third-order valence-corrected chi connectivity index (χ3v) is 5.29. The van der Waals surface area contributed by atoms with Crippen molar-refractivity contribution < 1.29 is 23.8 Å². The quantitative estimate of drug-likeness (QED) is 0.554. The molecule has 6 nitrogen and oxygen atoms in total. The number of imide groups is 1. The van der Waals surface area contributed by atoms with Crippen LogP contribution in [0.15, 0.2) is 47.4 Å². The van der Waals surface area contributed by atoms with Crippen LogP contribution in [-0.4, -0.2) is 42.9 Å². The van der Waals surface area contributed by atoms with E-state index in [-0.39, 0.29) is 24.3 Å². The maximum Gasteiger partial charge on any atom is 0.293 e. The van der Waals surface area contributed by atoms with E-state index in [1.54, 1.807) is 49.6 Å². The maximum atomic E-state index is 12.6. The monoisotopic (exact) mass is 433 g/mol. The van der Waals surface area contributed by atoms with Gasteiger partial charge in [0, 0.05) is 0 Å². The fourth-order valence-electron chi connectivity index (χ4n) is 2.70. The largest absolute Gasteiger partial charge is 0.493 e. The van der Waals surface area contributed by atoms with E-state index >= 15 is 0 Å². The lowest BCUT2D eigenvalue weighted by atomic mass is 10.2. The molecule has 0 radical (unpaired) electrons. The van der Waals surface area contributed by atoms with Crippen molar-refractivity contribution >= 4 is 40.6 Å². The molecule has 0 saturated carbocycles. The highest BCUT2D eigenvalue weighted by molar-refractivity contribution is 8.18. The van der Waals surface area contributed by atoms with Gasteiger partial charge in [-0.05, 0) is 54.6 Å². The van der Waals surface area contributed by atoms with E-state index in [2.05, 4.69) is 0 Å². The van der Waals surface area contributed by atoms with E-state index in [9.17, 15) is 9.59 Å². The summed E-state index contributed by atoms with van der Waals surface area (Å²) in [6.45, 7) is 2.70. The fourth-order valence-corrected chi connectivity index (χ4v) is 3.76. The number of nitrogens with zero attached hydrogens (tertiary/aromatic N) is 1. The highest BCUT2D eigenvalue weighted by atomic mass is 35.5. The van der Waals surface area contributed by atoms with Crippen molar-refractivity contribution in [1.82, 2.24) is 4.90 Å². The zero-order chi connectivity index (χ0) is 20.8. The minimum atomic E-state index is -0.351. The number of amides is 2. The number of halogens is 1. The van der Waals surface area contributed by atoms with E-state index in [0.717, 1.165) is 17.3 Å². The molecule has 0 atom stereocenters. The molecule has 1 heterocycles. The van der Waals surface area contributed by atoms with Gasteiger partial charge in [0.25, 0.3) is 11.1 Å². The molecular weight excluding hydrogens is 414 g/mol. The molecule has 0 bridgehead atoms. The molecule has 0 unspecified atom stereocenters. The summed E-state index contributed by atoms with van der Waals surface area (Å²) in [5.41, 5.74) is 0.739. The van der Waals surface area contributed by atoms with Gasteiger partial charge in [0.1, 0.15) is 12.4 Å². The van der Waals surface area contributed by atoms with Gasteiger partial charge >= 0.3 is 0 Å². The Morgan fingerprint density at radius 3 is 2.59 bits per heavy atom. The Balaban J connectivity index is 1.67. The number of para-hydroxylation sites is 1. The molecule has 152 valence electrons. The summed E-state index contributed by atoms with van der Waals surface area (Å²) in [5.74, 6) is 1.35. The molecule has 3 rings (SSSR count). The molecule has 0 N–H and O–H groups in total. The molecule has 1 aliphatic heterocycles. The Labute approximate surface area is 178 Å². The Hall–Kier alpha value is -2.64. The topological polar surface area (TPSA) is 65.1 Å². The molecule has 1 saturated heterocycles. The van der Waals surface area contributed by atoms with Gasteiger partial charge < -0.3 is 14.2 Å². The normalized spacial score (nSPS) is 15.1. The summed E-state index contributed by atoms with van der Waals surface area (Å²) >= 11 is 6.94. The molecule has 1 aliphatic rings. The van der Waals surface area contributed by atoms with Crippen LogP contribution in [0.2, 0.25) is 5.02 Å². The van der Waals surface area contributed by atoms with E-state index < -0.39 is 0 Å². The SMILES string of the molecule is CCOc1ccc(/C=C2\SC(=O)N(CCOc3ccccc3Cl)C2=O)cc1OC. The lowest BCUT2D eigenvalue weighted by molar-refractivity contribution is -0.123. The van der Waals surface area contributed by atoms with E-state index in [1.807, 2.05) is 13.0 Å². The number of hydrogen-bond acceptors (Lipinski definition) is 6. The third kappa shape index (κ3) is 5.05. The Morgan fingerprint density at radius 2 is 1.86 bits per heavy atom. The van der Waals surface area contributed by atoms with E-state index in [4.69, 9.17) is 25.8 Å². The van der Waals surface area contributed by atoms with Crippen molar-refractivity contribution in [1.29, 1.82) is 0 Å². The zero-order valence-corrected chi connectivity index (χ0v) is 17.6. The summed E-state index contributed by atoms with van der Waals surface area (Å²) in [5, 5.41) is 0.146. The predicted octanol–water partition coefficient (Wildman–Crippen LogP) is 4.86. The Kier molecular flexibility index (Phi) is 7.06. The van der Waals surface area contributed by atoms with Crippen LogP contribution in [0.3, 0.4) is 0 Å². The van der Waals surface area contributed by atoms with E-state index in [0.29, 0.717) is 33.8 Å². The second-order valence-corrected chi connectivity index (χ2v) is 7.36. The van der Waals surface area contributed by atoms with Crippen molar-refractivity contribution in [3.8, 4) is 17.2 Å². The minimum absolute atomic E-state index is 0.139. The second kappa shape index (κ2) is 9.71. The maximum absolute atomic E-state index is 12.6. The predicted molar refractivity (Wildman–Crippen MR) is 114 cm³/mol. The summed E-state index contributed by atoms with van der Waals surface area (Å²) in [6, 6.07) is 12.4.